The molecule has 2 fully saturated rings. The van der Waals surface area contributed by atoms with Crippen molar-refractivity contribution in [3.8, 4) is 5.75 Å². The topological polar surface area (TPSA) is 21.3 Å². The van der Waals surface area contributed by atoms with Crippen LogP contribution in [0.15, 0.2) is 24.3 Å². The summed E-state index contributed by atoms with van der Waals surface area (Å²) in [6.45, 7) is 3.98. The van der Waals surface area contributed by atoms with Crippen LogP contribution in [0.4, 0.5) is 0 Å². The lowest BCUT2D eigenvalue weighted by atomic mass is 10.1. The zero-order chi connectivity index (χ0) is 11.7. The van der Waals surface area contributed by atoms with Crippen LogP contribution < -0.4 is 10.1 Å². The summed E-state index contributed by atoms with van der Waals surface area (Å²) in [5, 5.41) is 3.63. The molecule has 0 aromatic heterocycles. The summed E-state index contributed by atoms with van der Waals surface area (Å²) in [6.07, 6.45) is 4.13. The summed E-state index contributed by atoms with van der Waals surface area (Å²) in [6, 6.07) is 9.50. The second-order valence-electron chi connectivity index (χ2n) is 5.29. The first-order chi connectivity index (χ1) is 8.36. The van der Waals surface area contributed by atoms with E-state index in [1.54, 1.807) is 0 Å². The third-order valence-electron chi connectivity index (χ3n) is 3.79. The molecule has 1 aromatic carbocycles. The van der Waals surface area contributed by atoms with Gasteiger partial charge in [-0.2, -0.15) is 0 Å². The van der Waals surface area contributed by atoms with Gasteiger partial charge >= 0.3 is 0 Å². The molecule has 2 aliphatic carbocycles. The summed E-state index contributed by atoms with van der Waals surface area (Å²) < 4.78 is 5.46. The molecular weight excluding hydrogens is 210 g/mol. The first-order valence-corrected chi connectivity index (χ1v) is 6.83. The van der Waals surface area contributed by atoms with E-state index >= 15 is 0 Å². The molecule has 3 rings (SSSR count). The van der Waals surface area contributed by atoms with E-state index in [4.69, 9.17) is 4.74 Å². The fourth-order valence-electron chi connectivity index (χ4n) is 2.46. The van der Waals surface area contributed by atoms with Crippen LogP contribution in [-0.4, -0.2) is 19.2 Å². The zero-order valence-electron chi connectivity index (χ0n) is 10.5. The van der Waals surface area contributed by atoms with Gasteiger partial charge < -0.3 is 10.1 Å². The van der Waals surface area contributed by atoms with Crippen LogP contribution >= 0.6 is 0 Å². The van der Waals surface area contributed by atoms with Gasteiger partial charge in [-0.25, -0.2) is 0 Å². The van der Waals surface area contributed by atoms with Crippen molar-refractivity contribution in [2.75, 3.05) is 13.2 Å². The summed E-state index contributed by atoms with van der Waals surface area (Å²) in [5.41, 5.74) is 1.48. The van der Waals surface area contributed by atoms with Gasteiger partial charge in [0.15, 0.2) is 0 Å². The molecule has 0 amide bonds. The third-order valence-corrected chi connectivity index (χ3v) is 3.79. The van der Waals surface area contributed by atoms with E-state index in [2.05, 4.69) is 29.6 Å². The largest absolute Gasteiger partial charge is 0.494 e. The molecule has 0 spiro atoms. The quantitative estimate of drug-likeness (QED) is 0.812. The van der Waals surface area contributed by atoms with Gasteiger partial charge in [-0.15, -0.1) is 0 Å². The van der Waals surface area contributed by atoms with Gasteiger partial charge in [0.25, 0.3) is 0 Å². The molecule has 2 heteroatoms. The van der Waals surface area contributed by atoms with Crippen molar-refractivity contribution in [2.24, 2.45) is 5.92 Å². The maximum absolute atomic E-state index is 5.46. The molecule has 2 nitrogen and oxygen atoms in total. The highest BCUT2D eigenvalue weighted by molar-refractivity contribution is 5.32. The third kappa shape index (κ3) is 2.81. The Bertz CT molecular complexity index is 369. The Morgan fingerprint density at radius 1 is 1.24 bits per heavy atom. The molecule has 2 aliphatic rings. The minimum absolute atomic E-state index is 0.747. The van der Waals surface area contributed by atoms with Crippen molar-refractivity contribution in [3.05, 3.63) is 29.8 Å². The second-order valence-corrected chi connectivity index (χ2v) is 5.29. The Balaban J connectivity index is 1.50. The van der Waals surface area contributed by atoms with Crippen LogP contribution in [-0.2, 0) is 0 Å². The lowest BCUT2D eigenvalue weighted by Gasteiger charge is -2.05. The Morgan fingerprint density at radius 2 is 2.00 bits per heavy atom. The Kier molecular flexibility index (Phi) is 3.06. The van der Waals surface area contributed by atoms with Crippen molar-refractivity contribution in [1.82, 2.24) is 5.32 Å². The number of rotatable bonds is 6. The molecule has 92 valence electrons. The van der Waals surface area contributed by atoms with E-state index in [0.29, 0.717) is 0 Å². The van der Waals surface area contributed by atoms with Crippen molar-refractivity contribution in [1.29, 1.82) is 0 Å². The van der Waals surface area contributed by atoms with Gasteiger partial charge in [0.2, 0.25) is 0 Å². The zero-order valence-corrected chi connectivity index (χ0v) is 10.5. The van der Waals surface area contributed by atoms with Gasteiger partial charge in [0, 0.05) is 6.04 Å². The van der Waals surface area contributed by atoms with Crippen LogP contribution in [0, 0.1) is 5.92 Å². The van der Waals surface area contributed by atoms with Crippen molar-refractivity contribution >= 4 is 0 Å². The van der Waals surface area contributed by atoms with Crippen LogP contribution in [0.25, 0.3) is 0 Å². The summed E-state index contributed by atoms with van der Waals surface area (Å²) >= 11 is 0. The maximum Gasteiger partial charge on any atom is 0.119 e. The van der Waals surface area contributed by atoms with E-state index in [1.807, 2.05) is 6.92 Å². The van der Waals surface area contributed by atoms with Gasteiger partial charge in [-0.05, 0) is 62.3 Å². The van der Waals surface area contributed by atoms with Crippen LogP contribution in [0.1, 0.15) is 37.7 Å². The summed E-state index contributed by atoms with van der Waals surface area (Å²) in [4.78, 5) is 0. The number of hydrogen-bond donors (Lipinski definition) is 1. The average molecular weight is 231 g/mol. The molecule has 17 heavy (non-hydrogen) atoms. The highest BCUT2D eigenvalue weighted by Gasteiger charge is 2.38. The molecule has 0 bridgehead atoms. The SMILES string of the molecule is CCOc1ccc(C2CC2CNC2CC2)cc1. The van der Waals surface area contributed by atoms with E-state index in [9.17, 15) is 0 Å². The Hall–Kier alpha value is -1.02. The van der Waals surface area contributed by atoms with Gasteiger partial charge in [0.1, 0.15) is 5.75 Å². The lowest BCUT2D eigenvalue weighted by Crippen LogP contribution is -2.19. The minimum Gasteiger partial charge on any atom is -0.494 e. The standard InChI is InChI=1S/C15H21NO/c1-2-17-14-7-3-11(4-8-14)15-9-12(15)10-16-13-5-6-13/h3-4,7-8,12-13,15-16H,2,5-6,9-10H2,1H3. The first kappa shape index (κ1) is 11.1. The molecule has 1 N–H and O–H groups in total. The number of nitrogens with one attached hydrogen (secondary N) is 1. The fraction of sp³-hybridized carbons (Fsp3) is 0.600. The van der Waals surface area contributed by atoms with E-state index in [1.165, 1.54) is 31.4 Å². The number of hydrogen-bond acceptors (Lipinski definition) is 2. The van der Waals surface area contributed by atoms with E-state index < -0.39 is 0 Å². The molecular formula is C15H21NO. The number of ether oxygens (including phenoxy) is 1. The monoisotopic (exact) mass is 231 g/mol. The molecule has 0 saturated heterocycles. The predicted molar refractivity (Wildman–Crippen MR) is 69.5 cm³/mol. The fourth-order valence-corrected chi connectivity index (χ4v) is 2.46. The molecule has 2 unspecified atom stereocenters. The smallest absolute Gasteiger partial charge is 0.119 e. The maximum atomic E-state index is 5.46. The molecule has 2 saturated carbocycles. The molecule has 2 atom stereocenters. The van der Waals surface area contributed by atoms with Crippen LogP contribution in [0.5, 0.6) is 5.75 Å². The van der Waals surface area contributed by atoms with Gasteiger partial charge in [-0.1, -0.05) is 12.1 Å². The number of benzene rings is 1. The second kappa shape index (κ2) is 4.69. The minimum atomic E-state index is 0.747. The van der Waals surface area contributed by atoms with Crippen molar-refractivity contribution < 1.29 is 4.74 Å². The highest BCUT2D eigenvalue weighted by Crippen LogP contribution is 2.47. The highest BCUT2D eigenvalue weighted by atomic mass is 16.5. The first-order valence-electron chi connectivity index (χ1n) is 6.83. The van der Waals surface area contributed by atoms with E-state index in [0.717, 1.165) is 30.2 Å². The van der Waals surface area contributed by atoms with Crippen LogP contribution in [0.3, 0.4) is 0 Å². The summed E-state index contributed by atoms with van der Waals surface area (Å²) in [7, 11) is 0. The lowest BCUT2D eigenvalue weighted by molar-refractivity contribution is 0.340. The summed E-state index contributed by atoms with van der Waals surface area (Å²) in [5.74, 6) is 2.65. The predicted octanol–water partition coefficient (Wildman–Crippen LogP) is 2.94. The van der Waals surface area contributed by atoms with Crippen molar-refractivity contribution in [3.63, 3.8) is 0 Å². The van der Waals surface area contributed by atoms with E-state index in [-0.39, 0.29) is 0 Å². The Labute approximate surface area is 103 Å². The average Bonchev–Trinajstić information content (AvgIpc) is 3.23. The van der Waals surface area contributed by atoms with Gasteiger partial charge in [0.05, 0.1) is 6.61 Å². The molecule has 1 aromatic rings. The van der Waals surface area contributed by atoms with Crippen LogP contribution in [0.2, 0.25) is 0 Å². The molecule has 0 heterocycles. The normalized spacial score (nSPS) is 26.9. The molecule has 0 aliphatic heterocycles. The molecule has 0 radical (unpaired) electrons. The van der Waals surface area contributed by atoms with Crippen molar-refractivity contribution in [2.45, 2.75) is 38.1 Å². The Morgan fingerprint density at radius 3 is 2.65 bits per heavy atom. The van der Waals surface area contributed by atoms with Gasteiger partial charge in [-0.3, -0.25) is 0 Å².